The van der Waals surface area contributed by atoms with E-state index in [0.717, 1.165) is 49.4 Å². The van der Waals surface area contributed by atoms with Gasteiger partial charge in [-0.15, -0.1) is 4.36 Å². The quantitative estimate of drug-likeness (QED) is 0.307. The number of amides is 3. The number of methoxy groups -OCH3 is 2. The molecule has 14 heteroatoms. The molecular formula is C41H51ClN6O6S. The molecule has 2 fully saturated rings. The van der Waals surface area contributed by atoms with E-state index in [1.807, 2.05) is 42.9 Å². The third kappa shape index (κ3) is 7.17. The van der Waals surface area contributed by atoms with Crippen LogP contribution in [0.4, 0.5) is 10.5 Å². The van der Waals surface area contributed by atoms with Crippen molar-refractivity contribution in [1.82, 2.24) is 19.2 Å². The van der Waals surface area contributed by atoms with E-state index in [1.165, 1.54) is 16.0 Å². The summed E-state index contributed by atoms with van der Waals surface area (Å²) >= 11 is 6.47. The molecule has 3 aliphatic heterocycles. The number of anilines is 1. The van der Waals surface area contributed by atoms with Crippen LogP contribution in [0.2, 0.25) is 5.02 Å². The number of rotatable bonds is 4. The van der Waals surface area contributed by atoms with E-state index in [0.29, 0.717) is 43.0 Å². The Balaban J connectivity index is 1.14. The van der Waals surface area contributed by atoms with E-state index in [9.17, 15) is 13.8 Å². The van der Waals surface area contributed by atoms with Gasteiger partial charge in [0.2, 0.25) is 0 Å². The van der Waals surface area contributed by atoms with Crippen LogP contribution < -0.4 is 14.4 Å². The van der Waals surface area contributed by atoms with E-state index in [4.69, 9.17) is 25.8 Å². The third-order valence-corrected chi connectivity index (χ3v) is 14.8. The van der Waals surface area contributed by atoms with Gasteiger partial charge in [0, 0.05) is 62.8 Å². The number of aromatic nitrogens is 2. The standard InChI is InChI=1S/C41H51ClN6O6S/c1-27-7-5-9-35(52-3)32-13-10-30(32)21-47-23-40(16-6-8-28-19-31(42)12-14-33(28)40)26-54-36-15-11-29(20-34(36)47)37(49)44-55(51,22-27)45-39(50)48-24-41(25-48,53-4)38-43-17-18-46(38)2/h5,9,11-12,14-15,17-20,27,30,32,35H,6-8,10,13,16,21-26H2,1-4H3,(H,44,45,49,50,51)/b9-5+/t27-,30-,32+,35-,40-,55?/m0/s1. The number of halogens is 1. The minimum atomic E-state index is -3.57. The molecule has 5 aliphatic rings. The molecule has 2 aromatic carbocycles. The number of allylic oxidation sites excluding steroid dienone is 1. The molecule has 294 valence electrons. The molecule has 8 rings (SSSR count). The largest absolute Gasteiger partial charge is 0.490 e. The van der Waals surface area contributed by atoms with Crippen molar-refractivity contribution in [3.8, 4) is 5.75 Å². The number of nitrogens with one attached hydrogen (secondary N) is 1. The lowest BCUT2D eigenvalue weighted by Gasteiger charge is -2.47. The molecule has 6 atom stereocenters. The maximum Gasteiger partial charge on any atom is 0.330 e. The number of ether oxygens (including phenoxy) is 3. The lowest BCUT2D eigenvalue weighted by Crippen LogP contribution is -2.65. The van der Waals surface area contributed by atoms with E-state index in [-0.39, 0.29) is 41.8 Å². The molecule has 12 nitrogen and oxygen atoms in total. The van der Waals surface area contributed by atoms with E-state index in [1.54, 1.807) is 26.5 Å². The lowest BCUT2D eigenvalue weighted by molar-refractivity contribution is -0.118. The van der Waals surface area contributed by atoms with Gasteiger partial charge in [0.15, 0.2) is 5.60 Å². The van der Waals surface area contributed by atoms with Crippen molar-refractivity contribution in [2.45, 2.75) is 62.6 Å². The molecule has 1 unspecified atom stereocenters. The van der Waals surface area contributed by atoms with Crippen LogP contribution in [0, 0.1) is 17.8 Å². The molecule has 0 radical (unpaired) electrons. The van der Waals surface area contributed by atoms with Gasteiger partial charge in [0.1, 0.15) is 21.5 Å². The van der Waals surface area contributed by atoms with E-state index >= 15 is 0 Å². The van der Waals surface area contributed by atoms with Crippen molar-refractivity contribution in [3.63, 3.8) is 0 Å². The van der Waals surface area contributed by atoms with Crippen molar-refractivity contribution in [2.24, 2.45) is 29.2 Å². The maximum absolute atomic E-state index is 14.7. The Morgan fingerprint density at radius 1 is 1.13 bits per heavy atom. The van der Waals surface area contributed by atoms with E-state index in [2.05, 4.69) is 43.3 Å². The number of imidazole rings is 1. The molecule has 3 amide bonds. The first-order valence-corrected chi connectivity index (χ1v) is 21.4. The average molecular weight is 791 g/mol. The highest BCUT2D eigenvalue weighted by Crippen LogP contribution is 2.47. The van der Waals surface area contributed by atoms with Crippen LogP contribution in [-0.4, -0.2) is 89.5 Å². The second-order valence-electron chi connectivity index (χ2n) is 16.3. The zero-order chi connectivity index (χ0) is 38.5. The molecular weight excluding hydrogens is 740 g/mol. The van der Waals surface area contributed by atoms with Crippen LogP contribution in [0.25, 0.3) is 0 Å². The highest BCUT2D eigenvalue weighted by molar-refractivity contribution is 7.92. The fourth-order valence-corrected chi connectivity index (χ4v) is 11.5. The fraction of sp³-hybridized carbons (Fsp3) is 0.537. The average Bonchev–Trinajstić information content (AvgIpc) is 3.49. The number of hydrogen-bond acceptors (Lipinski definition) is 8. The highest BCUT2D eigenvalue weighted by atomic mass is 35.5. The Morgan fingerprint density at radius 2 is 1.96 bits per heavy atom. The number of hydrogen-bond donors (Lipinski definition) is 1. The summed E-state index contributed by atoms with van der Waals surface area (Å²) in [4.78, 5) is 36.2. The first kappa shape index (κ1) is 38.0. The van der Waals surface area contributed by atoms with Crippen molar-refractivity contribution < 1.29 is 28.0 Å². The summed E-state index contributed by atoms with van der Waals surface area (Å²) in [5.41, 5.74) is 2.58. The maximum atomic E-state index is 14.7. The first-order chi connectivity index (χ1) is 26.4. The molecule has 1 N–H and O–H groups in total. The molecule has 3 aromatic rings. The van der Waals surface area contributed by atoms with Gasteiger partial charge in [-0.2, -0.15) is 0 Å². The molecule has 4 heterocycles. The summed E-state index contributed by atoms with van der Waals surface area (Å²) < 4.78 is 42.2. The molecule has 2 bridgehead atoms. The zero-order valence-electron chi connectivity index (χ0n) is 32.0. The van der Waals surface area contributed by atoms with Gasteiger partial charge in [-0.25, -0.2) is 14.0 Å². The number of fused-ring (bicyclic) bond motifs is 4. The monoisotopic (exact) mass is 790 g/mol. The number of urea groups is 1. The van der Waals surface area contributed by atoms with Gasteiger partial charge < -0.3 is 28.6 Å². The predicted octanol–water partition coefficient (Wildman–Crippen LogP) is 6.27. The highest BCUT2D eigenvalue weighted by Gasteiger charge is 2.50. The van der Waals surface area contributed by atoms with Crippen LogP contribution >= 0.6 is 11.6 Å². The normalized spacial score (nSPS) is 30.7. The minimum Gasteiger partial charge on any atom is -0.490 e. The van der Waals surface area contributed by atoms with Crippen LogP contribution in [0.3, 0.4) is 0 Å². The topological polar surface area (TPSA) is 128 Å². The van der Waals surface area contributed by atoms with Gasteiger partial charge in [0.05, 0.1) is 37.2 Å². The van der Waals surface area contributed by atoms with Crippen molar-refractivity contribution in [2.75, 3.05) is 57.7 Å². The zero-order valence-corrected chi connectivity index (χ0v) is 33.6. The number of nitrogens with zero attached hydrogens (tertiary/aromatic N) is 5. The molecule has 1 spiro atoms. The van der Waals surface area contributed by atoms with Gasteiger partial charge in [-0.1, -0.05) is 36.7 Å². The Bertz CT molecular complexity index is 2120. The number of benzene rings is 2. The first-order valence-electron chi connectivity index (χ1n) is 19.3. The van der Waals surface area contributed by atoms with Gasteiger partial charge in [0.25, 0.3) is 5.91 Å². The molecule has 1 saturated carbocycles. The number of aryl methyl sites for hydroxylation is 2. The number of likely N-dealkylation sites (tertiary alicyclic amines) is 1. The Labute approximate surface area is 328 Å². The Kier molecular flexibility index (Phi) is 10.3. The fourth-order valence-electron chi connectivity index (χ4n) is 9.45. The van der Waals surface area contributed by atoms with Crippen molar-refractivity contribution in [3.05, 3.63) is 88.5 Å². The van der Waals surface area contributed by atoms with Crippen LogP contribution in [0.1, 0.15) is 66.3 Å². The SMILES string of the molecule is CO[C@H]1/C=C/C[C@H](C)CS(=O)(NC(=O)N2CC(OC)(c3nccn3C)C2)=NC(=O)c2ccc3c(c2)N(C[C@@H]2CC[C@H]21)C[C@@]1(CCCc2cc(Cl)ccc21)CO3. The number of carbonyl (C=O) groups is 2. The van der Waals surface area contributed by atoms with Crippen molar-refractivity contribution >= 4 is 39.1 Å². The van der Waals surface area contributed by atoms with Crippen LogP contribution in [-0.2, 0) is 43.9 Å². The second kappa shape index (κ2) is 14.9. The smallest absolute Gasteiger partial charge is 0.330 e. The summed E-state index contributed by atoms with van der Waals surface area (Å²) in [6.45, 7) is 4.36. The minimum absolute atomic E-state index is 0.00668. The molecule has 1 aromatic heterocycles. The summed E-state index contributed by atoms with van der Waals surface area (Å²) in [5, 5.41) is 0.737. The molecule has 55 heavy (non-hydrogen) atoms. The van der Waals surface area contributed by atoms with Gasteiger partial charge in [-0.3, -0.25) is 9.52 Å². The third-order valence-electron chi connectivity index (χ3n) is 12.6. The summed E-state index contributed by atoms with van der Waals surface area (Å²) in [6, 6.07) is 11.0. The van der Waals surface area contributed by atoms with Crippen LogP contribution in [0.5, 0.6) is 5.75 Å². The Morgan fingerprint density at radius 3 is 2.69 bits per heavy atom. The van der Waals surface area contributed by atoms with E-state index < -0.39 is 27.5 Å². The van der Waals surface area contributed by atoms with Gasteiger partial charge in [-0.05, 0) is 97.7 Å². The molecule has 1 saturated heterocycles. The van der Waals surface area contributed by atoms with Crippen LogP contribution in [0.15, 0.2) is 65.3 Å². The summed E-state index contributed by atoms with van der Waals surface area (Å²) in [6.07, 6.45) is 13.3. The lowest BCUT2D eigenvalue weighted by atomic mass is 9.68. The summed E-state index contributed by atoms with van der Waals surface area (Å²) in [7, 11) is 1.66. The molecule has 2 aliphatic carbocycles. The summed E-state index contributed by atoms with van der Waals surface area (Å²) in [5.74, 6) is 1.28. The number of carbonyl (C=O) groups excluding carboxylic acids is 2. The second-order valence-corrected chi connectivity index (χ2v) is 18.7. The predicted molar refractivity (Wildman–Crippen MR) is 212 cm³/mol. The van der Waals surface area contributed by atoms with Crippen molar-refractivity contribution in [1.29, 1.82) is 0 Å². The van der Waals surface area contributed by atoms with Gasteiger partial charge >= 0.3 is 6.03 Å². The Hall–Kier alpha value is -3.91.